The Morgan fingerprint density at radius 3 is 2.47 bits per heavy atom. The summed E-state index contributed by atoms with van der Waals surface area (Å²) in [5.41, 5.74) is 0.876. The predicted molar refractivity (Wildman–Crippen MR) is 121 cm³/mol. The third-order valence-corrected chi connectivity index (χ3v) is 7.64. The van der Waals surface area contributed by atoms with Gasteiger partial charge in [-0.25, -0.2) is 4.79 Å². The monoisotopic (exact) mass is 463 g/mol. The van der Waals surface area contributed by atoms with Gasteiger partial charge in [-0.05, 0) is 32.8 Å². The lowest BCUT2D eigenvalue weighted by molar-refractivity contribution is -0.384. The van der Waals surface area contributed by atoms with Crippen LogP contribution < -0.4 is 5.30 Å². The molecule has 3 rings (SSSR count). The highest BCUT2D eigenvalue weighted by atomic mass is 31.2. The first kappa shape index (κ1) is 24.2. The fourth-order valence-corrected chi connectivity index (χ4v) is 5.83. The van der Waals surface area contributed by atoms with E-state index in [1.807, 2.05) is 13.8 Å². The number of pyridine rings is 1. The van der Waals surface area contributed by atoms with Gasteiger partial charge in [0.1, 0.15) is 13.2 Å². The minimum atomic E-state index is -3.68. The minimum Gasteiger partial charge on any atom is -0.462 e. The highest BCUT2D eigenvalue weighted by Crippen LogP contribution is 2.61. The molecule has 1 aromatic heterocycles. The van der Waals surface area contributed by atoms with Gasteiger partial charge in [0.15, 0.2) is 0 Å². The van der Waals surface area contributed by atoms with Crippen LogP contribution in [0.4, 0.5) is 5.69 Å². The Balaban J connectivity index is 2.33. The molecule has 1 saturated heterocycles. The van der Waals surface area contributed by atoms with Crippen molar-refractivity contribution < 1.29 is 28.4 Å². The van der Waals surface area contributed by atoms with Crippen LogP contribution in [-0.2, 0) is 13.8 Å². The molecule has 172 valence electrons. The summed E-state index contributed by atoms with van der Waals surface area (Å²) in [6.07, 6.45) is 0. The fourth-order valence-electron chi connectivity index (χ4n) is 3.74. The van der Waals surface area contributed by atoms with E-state index in [-0.39, 0.29) is 59.3 Å². The number of aryl methyl sites for hydroxylation is 2. The zero-order chi connectivity index (χ0) is 23.6. The van der Waals surface area contributed by atoms with Crippen molar-refractivity contribution in [3.63, 3.8) is 0 Å². The molecule has 10 heteroatoms. The number of nitro groups is 1. The normalized spacial score (nSPS) is 20.9. The maximum absolute atomic E-state index is 12.9. The summed E-state index contributed by atoms with van der Waals surface area (Å²) >= 11 is 0. The summed E-state index contributed by atoms with van der Waals surface area (Å²) in [6, 6.07) is 6.05. The molecule has 0 atom stereocenters. The summed E-state index contributed by atoms with van der Waals surface area (Å²) in [6.45, 7) is 9.67. The Morgan fingerprint density at radius 2 is 1.91 bits per heavy atom. The van der Waals surface area contributed by atoms with Gasteiger partial charge in [0.05, 0.1) is 39.6 Å². The van der Waals surface area contributed by atoms with E-state index >= 15 is 0 Å². The molecule has 1 N–H and O–H groups in total. The Bertz CT molecular complexity index is 1030. The van der Waals surface area contributed by atoms with E-state index in [0.29, 0.717) is 11.4 Å². The lowest BCUT2D eigenvalue weighted by Gasteiger charge is -2.30. The molecular weight excluding hydrogens is 435 g/mol. The average molecular weight is 463 g/mol. The molecule has 0 unspecified atom stereocenters. The van der Waals surface area contributed by atoms with Crippen LogP contribution in [0.15, 0.2) is 24.3 Å². The predicted octanol–water partition coefficient (Wildman–Crippen LogP) is 4.15. The van der Waals surface area contributed by atoms with Gasteiger partial charge >= 0.3 is 13.9 Å². The standard InChI is InChI=1S/C22H28N2O7P/c1-6-29-22(25)19-14(4)23-15(5)21(32(28)30-11-16(12-31-32)13(2)3)20(19)17-9-7-8-10-18(17)24(26)27/h7-10,13,16,28H,6,11-12H2,1-5H3/q+1. The molecule has 0 radical (unpaired) electrons. The number of aromatic nitrogens is 1. The van der Waals surface area contributed by atoms with Crippen LogP contribution in [0, 0.1) is 35.8 Å². The molecule has 32 heavy (non-hydrogen) atoms. The smallest absolute Gasteiger partial charge is 0.448 e. The molecule has 1 fully saturated rings. The Kier molecular flexibility index (Phi) is 7.25. The molecule has 9 nitrogen and oxygen atoms in total. The number of carbonyl (C=O) groups excluding carboxylic acids is 1. The minimum absolute atomic E-state index is 0.0494. The highest BCUT2D eigenvalue weighted by molar-refractivity contribution is 7.69. The van der Waals surface area contributed by atoms with E-state index in [1.54, 1.807) is 26.8 Å². The maximum Gasteiger partial charge on any atom is 0.448 e. The van der Waals surface area contributed by atoms with Gasteiger partial charge in [0.25, 0.3) is 5.69 Å². The van der Waals surface area contributed by atoms with E-state index in [1.165, 1.54) is 18.2 Å². The van der Waals surface area contributed by atoms with Crippen LogP contribution in [0.25, 0.3) is 11.1 Å². The number of benzene rings is 1. The first-order valence-electron chi connectivity index (χ1n) is 10.4. The van der Waals surface area contributed by atoms with E-state index in [4.69, 9.17) is 13.8 Å². The van der Waals surface area contributed by atoms with Gasteiger partial charge in [0, 0.05) is 12.0 Å². The third kappa shape index (κ3) is 4.52. The van der Waals surface area contributed by atoms with E-state index < -0.39 is 18.8 Å². The van der Waals surface area contributed by atoms with Crippen LogP contribution in [-0.4, -0.2) is 40.6 Å². The van der Waals surface area contributed by atoms with Crippen molar-refractivity contribution in [3.05, 3.63) is 51.3 Å². The fraction of sp³-hybridized carbons (Fsp3) is 0.455. The number of hydrogen-bond acceptors (Lipinski definition) is 8. The van der Waals surface area contributed by atoms with Crippen molar-refractivity contribution in [1.29, 1.82) is 0 Å². The van der Waals surface area contributed by atoms with Crippen LogP contribution in [0.3, 0.4) is 0 Å². The molecule has 0 aliphatic carbocycles. The summed E-state index contributed by atoms with van der Waals surface area (Å²) < 4.78 is 17.0. The number of carbonyl (C=O) groups is 1. The average Bonchev–Trinajstić information content (AvgIpc) is 2.73. The Morgan fingerprint density at radius 1 is 1.28 bits per heavy atom. The van der Waals surface area contributed by atoms with Crippen molar-refractivity contribution in [2.24, 2.45) is 11.8 Å². The van der Waals surface area contributed by atoms with E-state index in [2.05, 4.69) is 4.98 Å². The van der Waals surface area contributed by atoms with Gasteiger partial charge in [0.2, 0.25) is 5.30 Å². The molecule has 0 bridgehead atoms. The van der Waals surface area contributed by atoms with Crippen molar-refractivity contribution >= 4 is 24.9 Å². The summed E-state index contributed by atoms with van der Waals surface area (Å²) in [4.78, 5) is 40.2. The van der Waals surface area contributed by atoms with Crippen LogP contribution in [0.1, 0.15) is 42.5 Å². The summed E-state index contributed by atoms with van der Waals surface area (Å²) in [5, 5.41) is 12.0. The van der Waals surface area contributed by atoms with Crippen LogP contribution in [0.2, 0.25) is 0 Å². The number of ether oxygens (including phenoxy) is 1. The van der Waals surface area contributed by atoms with Gasteiger partial charge in [-0.15, -0.1) is 0 Å². The second-order valence-corrected chi connectivity index (χ2v) is 10.00. The molecule has 0 saturated carbocycles. The molecule has 0 amide bonds. The molecule has 1 aliphatic heterocycles. The molecule has 1 aromatic carbocycles. The SMILES string of the molecule is CCOC(=O)c1c(C)nc(C)c([P+]2(O)OCC(C(C)C)CO2)c1-c1ccccc1[N+](=O)[O-]. The highest BCUT2D eigenvalue weighted by Gasteiger charge is 2.54. The van der Waals surface area contributed by atoms with Crippen LogP contribution >= 0.6 is 7.94 Å². The zero-order valence-corrected chi connectivity index (χ0v) is 19.7. The van der Waals surface area contributed by atoms with Crippen molar-refractivity contribution in [3.8, 4) is 11.1 Å². The topological polar surface area (TPSA) is 121 Å². The third-order valence-electron chi connectivity index (χ3n) is 5.53. The maximum atomic E-state index is 12.9. The van der Waals surface area contributed by atoms with Crippen molar-refractivity contribution in [1.82, 2.24) is 4.98 Å². The Labute approximate surface area is 187 Å². The van der Waals surface area contributed by atoms with E-state index in [9.17, 15) is 19.8 Å². The van der Waals surface area contributed by atoms with E-state index in [0.717, 1.165) is 0 Å². The van der Waals surface area contributed by atoms with Crippen molar-refractivity contribution in [2.45, 2.75) is 34.6 Å². The Hall–Kier alpha value is -2.45. The number of hydrogen-bond donors (Lipinski definition) is 1. The number of rotatable bonds is 6. The second kappa shape index (κ2) is 9.58. The molecular formula is C22H28N2O7P+. The summed E-state index contributed by atoms with van der Waals surface area (Å²) in [5.74, 6) is -0.311. The number of nitro benzene ring substituents is 1. The number of esters is 1. The summed E-state index contributed by atoms with van der Waals surface area (Å²) in [7, 11) is -3.68. The molecule has 0 spiro atoms. The first-order valence-corrected chi connectivity index (χ1v) is 12.0. The number of para-hydroxylation sites is 1. The van der Waals surface area contributed by atoms with Gasteiger partial charge in [-0.1, -0.05) is 26.0 Å². The largest absolute Gasteiger partial charge is 0.462 e. The van der Waals surface area contributed by atoms with Crippen LogP contribution in [0.5, 0.6) is 0 Å². The lowest BCUT2D eigenvalue weighted by Crippen LogP contribution is -2.34. The van der Waals surface area contributed by atoms with Crippen molar-refractivity contribution in [2.75, 3.05) is 19.8 Å². The zero-order valence-electron chi connectivity index (χ0n) is 18.8. The van der Waals surface area contributed by atoms with Gasteiger partial charge in [-0.2, -0.15) is 13.9 Å². The molecule has 1 aliphatic rings. The van der Waals surface area contributed by atoms with Gasteiger partial charge in [-0.3, -0.25) is 15.1 Å². The lowest BCUT2D eigenvalue weighted by atomic mass is 9.96. The molecule has 2 heterocycles. The number of nitrogens with zero attached hydrogens (tertiary/aromatic N) is 2. The second-order valence-electron chi connectivity index (χ2n) is 7.99. The quantitative estimate of drug-likeness (QED) is 0.294. The first-order chi connectivity index (χ1) is 15.1. The molecule has 2 aromatic rings. The van der Waals surface area contributed by atoms with Gasteiger partial charge < -0.3 is 4.74 Å².